The van der Waals surface area contributed by atoms with Crippen LogP contribution in [0.3, 0.4) is 0 Å². The molecule has 0 aliphatic rings. The Hall–Kier alpha value is -2.55. The van der Waals surface area contributed by atoms with Gasteiger partial charge in [-0.15, -0.1) is 0 Å². The number of aromatic nitrogens is 2. The Bertz CT molecular complexity index is 673. The molecule has 84 valence electrons. The molecule has 2 rings (SSSR count). The summed E-state index contributed by atoms with van der Waals surface area (Å²) in [7, 11) is 0. The molecule has 6 heteroatoms. The highest BCUT2D eigenvalue weighted by Crippen LogP contribution is 2.20. The van der Waals surface area contributed by atoms with Crippen LogP contribution in [0.1, 0.15) is 5.56 Å². The highest BCUT2D eigenvalue weighted by molar-refractivity contribution is 5.65. The van der Waals surface area contributed by atoms with Gasteiger partial charge in [-0.2, -0.15) is 5.26 Å². The lowest BCUT2D eigenvalue weighted by Crippen LogP contribution is -2.12. The molecular formula is C11H5F2N3O. The predicted molar refractivity (Wildman–Crippen MR) is 54.9 cm³/mol. The first-order valence-electron chi connectivity index (χ1n) is 4.56. The van der Waals surface area contributed by atoms with E-state index in [4.69, 9.17) is 5.26 Å². The third kappa shape index (κ3) is 1.90. The van der Waals surface area contributed by atoms with Crippen molar-refractivity contribution in [2.24, 2.45) is 0 Å². The summed E-state index contributed by atoms with van der Waals surface area (Å²) < 4.78 is 25.8. The standard InChI is InChI=1S/C11H5F2N3O/c12-8-2-1-6(3-9(8)13)10-7(4-14)11(17)16-5-15-10/h1-3,5H,(H,15,16,17). The van der Waals surface area contributed by atoms with E-state index in [-0.39, 0.29) is 16.8 Å². The Morgan fingerprint density at radius 2 is 2.06 bits per heavy atom. The minimum atomic E-state index is -1.06. The van der Waals surface area contributed by atoms with E-state index in [9.17, 15) is 13.6 Å². The summed E-state index contributed by atoms with van der Waals surface area (Å²) in [5, 5.41) is 8.81. The van der Waals surface area contributed by atoms with Gasteiger partial charge >= 0.3 is 0 Å². The first-order valence-corrected chi connectivity index (χ1v) is 4.56. The fourth-order valence-corrected chi connectivity index (χ4v) is 1.37. The van der Waals surface area contributed by atoms with Crippen molar-refractivity contribution in [1.29, 1.82) is 5.26 Å². The number of hydrogen-bond donors (Lipinski definition) is 1. The van der Waals surface area contributed by atoms with Gasteiger partial charge < -0.3 is 4.98 Å². The van der Waals surface area contributed by atoms with Crippen LogP contribution in [0.5, 0.6) is 0 Å². The third-order valence-electron chi connectivity index (χ3n) is 2.16. The van der Waals surface area contributed by atoms with Gasteiger partial charge in [-0.25, -0.2) is 13.8 Å². The second-order valence-electron chi connectivity index (χ2n) is 3.20. The van der Waals surface area contributed by atoms with E-state index in [0.29, 0.717) is 0 Å². The second kappa shape index (κ2) is 4.14. The minimum absolute atomic E-state index is 0.0233. The fourth-order valence-electron chi connectivity index (χ4n) is 1.37. The van der Waals surface area contributed by atoms with E-state index < -0.39 is 17.2 Å². The van der Waals surface area contributed by atoms with Crippen LogP contribution in [0.4, 0.5) is 8.78 Å². The highest BCUT2D eigenvalue weighted by Gasteiger charge is 2.12. The summed E-state index contributed by atoms with van der Waals surface area (Å²) in [5.74, 6) is -2.06. The summed E-state index contributed by atoms with van der Waals surface area (Å²) in [6.45, 7) is 0. The maximum Gasteiger partial charge on any atom is 0.269 e. The molecule has 4 nitrogen and oxygen atoms in total. The summed E-state index contributed by atoms with van der Waals surface area (Å²) in [5.41, 5.74) is -0.664. The quantitative estimate of drug-likeness (QED) is 0.813. The number of nitrogens with one attached hydrogen (secondary N) is 1. The van der Waals surface area contributed by atoms with Gasteiger partial charge in [0, 0.05) is 5.56 Å². The number of hydrogen-bond acceptors (Lipinski definition) is 3. The molecule has 0 bridgehead atoms. The van der Waals surface area contributed by atoms with Crippen molar-refractivity contribution in [1.82, 2.24) is 9.97 Å². The van der Waals surface area contributed by atoms with Gasteiger partial charge in [-0.3, -0.25) is 4.79 Å². The van der Waals surface area contributed by atoms with Gasteiger partial charge in [0.25, 0.3) is 5.56 Å². The van der Waals surface area contributed by atoms with Crippen molar-refractivity contribution in [3.05, 3.63) is 52.1 Å². The van der Waals surface area contributed by atoms with Crippen LogP contribution in [0.15, 0.2) is 29.3 Å². The number of rotatable bonds is 1. The molecule has 0 fully saturated rings. The molecule has 0 aliphatic carbocycles. The number of benzene rings is 1. The molecule has 0 amide bonds. The number of halogens is 2. The van der Waals surface area contributed by atoms with Crippen LogP contribution in [-0.4, -0.2) is 9.97 Å². The van der Waals surface area contributed by atoms with Crippen LogP contribution >= 0.6 is 0 Å². The SMILES string of the molecule is N#Cc1c(-c2ccc(F)c(F)c2)nc[nH]c1=O. The summed E-state index contributed by atoms with van der Waals surface area (Å²) >= 11 is 0. The molecule has 0 atom stereocenters. The Morgan fingerprint density at radius 3 is 2.71 bits per heavy atom. The Labute approximate surface area is 94.2 Å². The molecule has 1 N–H and O–H groups in total. The predicted octanol–water partition coefficient (Wildman–Crippen LogP) is 1.59. The van der Waals surface area contributed by atoms with E-state index in [1.807, 2.05) is 0 Å². The van der Waals surface area contributed by atoms with E-state index in [1.165, 1.54) is 6.07 Å². The highest BCUT2D eigenvalue weighted by atomic mass is 19.2. The van der Waals surface area contributed by atoms with Crippen molar-refractivity contribution in [2.75, 3.05) is 0 Å². The van der Waals surface area contributed by atoms with E-state index >= 15 is 0 Å². The zero-order valence-electron chi connectivity index (χ0n) is 8.37. The molecular weight excluding hydrogens is 228 g/mol. The van der Waals surface area contributed by atoms with Crippen LogP contribution in [0.2, 0.25) is 0 Å². The van der Waals surface area contributed by atoms with Crippen LogP contribution in [0.25, 0.3) is 11.3 Å². The lowest BCUT2D eigenvalue weighted by atomic mass is 10.1. The van der Waals surface area contributed by atoms with Crippen LogP contribution in [0, 0.1) is 23.0 Å². The Morgan fingerprint density at radius 1 is 1.29 bits per heavy atom. The fraction of sp³-hybridized carbons (Fsp3) is 0. The maximum absolute atomic E-state index is 13.0. The van der Waals surface area contributed by atoms with Crippen LogP contribution in [-0.2, 0) is 0 Å². The van der Waals surface area contributed by atoms with E-state index in [1.54, 1.807) is 6.07 Å². The second-order valence-corrected chi connectivity index (χ2v) is 3.20. The maximum atomic E-state index is 13.0. The number of H-pyrrole nitrogens is 1. The average Bonchev–Trinajstić information content (AvgIpc) is 2.32. The summed E-state index contributed by atoms with van der Waals surface area (Å²) in [6, 6.07) is 4.72. The molecule has 0 saturated heterocycles. The molecule has 0 spiro atoms. The van der Waals surface area contributed by atoms with Gasteiger partial charge in [0.2, 0.25) is 0 Å². The molecule has 1 aromatic heterocycles. The minimum Gasteiger partial charge on any atom is -0.312 e. The van der Waals surface area contributed by atoms with E-state index in [0.717, 1.165) is 18.5 Å². The van der Waals surface area contributed by atoms with Crippen molar-refractivity contribution in [3.8, 4) is 17.3 Å². The van der Waals surface area contributed by atoms with Gasteiger partial charge in [0.05, 0.1) is 12.0 Å². The Balaban J connectivity index is 2.69. The topological polar surface area (TPSA) is 69.5 Å². The number of nitriles is 1. The molecule has 2 aromatic rings. The Kier molecular flexibility index (Phi) is 2.66. The lowest BCUT2D eigenvalue weighted by molar-refractivity contribution is 0.509. The zero-order valence-corrected chi connectivity index (χ0v) is 8.37. The molecule has 1 aromatic carbocycles. The first kappa shape index (κ1) is 11.0. The van der Waals surface area contributed by atoms with Gasteiger partial charge in [0.1, 0.15) is 11.6 Å². The zero-order chi connectivity index (χ0) is 12.4. The summed E-state index contributed by atoms with van der Waals surface area (Å²) in [6.07, 6.45) is 1.10. The molecule has 0 unspecified atom stereocenters. The lowest BCUT2D eigenvalue weighted by Gasteiger charge is -2.02. The van der Waals surface area contributed by atoms with Crippen molar-refractivity contribution < 1.29 is 8.78 Å². The first-order chi connectivity index (χ1) is 8.13. The smallest absolute Gasteiger partial charge is 0.269 e. The van der Waals surface area contributed by atoms with E-state index in [2.05, 4.69) is 9.97 Å². The largest absolute Gasteiger partial charge is 0.312 e. The van der Waals surface area contributed by atoms with Crippen molar-refractivity contribution in [2.45, 2.75) is 0 Å². The molecule has 0 aliphatic heterocycles. The van der Waals surface area contributed by atoms with Crippen molar-refractivity contribution in [3.63, 3.8) is 0 Å². The summed E-state index contributed by atoms with van der Waals surface area (Å²) in [4.78, 5) is 17.3. The third-order valence-corrected chi connectivity index (χ3v) is 2.16. The number of nitrogens with zero attached hydrogens (tertiary/aromatic N) is 2. The molecule has 0 radical (unpaired) electrons. The average molecular weight is 233 g/mol. The molecule has 0 saturated carbocycles. The van der Waals surface area contributed by atoms with Gasteiger partial charge in [-0.1, -0.05) is 0 Å². The van der Waals surface area contributed by atoms with Gasteiger partial charge in [0.15, 0.2) is 11.6 Å². The van der Waals surface area contributed by atoms with Crippen molar-refractivity contribution >= 4 is 0 Å². The number of aromatic amines is 1. The monoisotopic (exact) mass is 233 g/mol. The van der Waals surface area contributed by atoms with Gasteiger partial charge in [-0.05, 0) is 18.2 Å². The molecule has 17 heavy (non-hydrogen) atoms. The normalized spacial score (nSPS) is 9.94. The van der Waals surface area contributed by atoms with Crippen LogP contribution < -0.4 is 5.56 Å². The molecule has 1 heterocycles.